The molecule has 6 heteroatoms. The first-order chi connectivity index (χ1) is 8.77. The van der Waals surface area contributed by atoms with Gasteiger partial charge in [0.05, 0.1) is 30.5 Å². The lowest BCUT2D eigenvalue weighted by Crippen LogP contribution is -2.10. The van der Waals surface area contributed by atoms with Crippen LogP contribution in [0.3, 0.4) is 0 Å². The van der Waals surface area contributed by atoms with Crippen LogP contribution in [0.25, 0.3) is 0 Å². The Kier molecular flexibility index (Phi) is 7.68. The topological polar surface area (TPSA) is 69.4 Å². The van der Waals surface area contributed by atoms with Crippen molar-refractivity contribution >= 4 is 17.4 Å². The minimum Gasteiger partial charge on any atom is -0.379 e. The third kappa shape index (κ3) is 5.64. The summed E-state index contributed by atoms with van der Waals surface area (Å²) in [6.07, 6.45) is 2.22. The Morgan fingerprint density at radius 3 is 2.78 bits per heavy atom. The molecule has 0 radical (unpaired) electrons. The molecule has 0 spiro atoms. The van der Waals surface area contributed by atoms with Gasteiger partial charge in [-0.05, 0) is 18.6 Å². The smallest absolute Gasteiger partial charge is 0.140 e. The number of ether oxygens (including phenoxy) is 2. The fourth-order valence-electron chi connectivity index (χ4n) is 1.30. The molecule has 0 unspecified atom stereocenters. The molecule has 0 saturated carbocycles. The lowest BCUT2D eigenvalue weighted by molar-refractivity contribution is 0.0386. The lowest BCUT2D eigenvalue weighted by atomic mass is 10.3. The molecule has 0 aliphatic heterocycles. The zero-order chi connectivity index (χ0) is 13.2. The molecule has 0 amide bonds. The van der Waals surface area contributed by atoms with Gasteiger partial charge in [-0.3, -0.25) is 0 Å². The number of nitrogens with two attached hydrogens (primary N) is 1. The van der Waals surface area contributed by atoms with Crippen LogP contribution in [-0.4, -0.2) is 24.8 Å². The molecular weight excluding hydrogens is 254 g/mol. The third-order valence-electron chi connectivity index (χ3n) is 2.32. The van der Waals surface area contributed by atoms with E-state index in [9.17, 15) is 0 Å². The average molecular weight is 274 g/mol. The van der Waals surface area contributed by atoms with Gasteiger partial charge in [-0.15, -0.1) is 0 Å². The summed E-state index contributed by atoms with van der Waals surface area (Å²) in [5, 5.41) is 0.570. The molecule has 1 rings (SSSR count). The molecule has 102 valence electrons. The SMILES string of the molecule is CCCCOCCOCc1nc(NN)ccc1Cl. The van der Waals surface area contributed by atoms with Gasteiger partial charge in [-0.2, -0.15) is 0 Å². The van der Waals surface area contributed by atoms with E-state index in [4.69, 9.17) is 26.9 Å². The average Bonchev–Trinajstić information content (AvgIpc) is 2.39. The van der Waals surface area contributed by atoms with Crippen LogP contribution < -0.4 is 11.3 Å². The number of pyridine rings is 1. The molecule has 0 saturated heterocycles. The van der Waals surface area contributed by atoms with Crippen LogP contribution in [0.15, 0.2) is 12.1 Å². The van der Waals surface area contributed by atoms with Gasteiger partial charge in [-0.1, -0.05) is 24.9 Å². The van der Waals surface area contributed by atoms with E-state index < -0.39 is 0 Å². The number of halogens is 1. The summed E-state index contributed by atoms with van der Waals surface area (Å²) < 4.78 is 10.8. The van der Waals surface area contributed by atoms with Gasteiger partial charge in [0.1, 0.15) is 5.82 Å². The second-order valence-corrected chi connectivity index (χ2v) is 4.20. The van der Waals surface area contributed by atoms with E-state index in [0.717, 1.165) is 19.4 Å². The Morgan fingerprint density at radius 2 is 2.06 bits per heavy atom. The largest absolute Gasteiger partial charge is 0.379 e. The van der Waals surface area contributed by atoms with Gasteiger partial charge in [0, 0.05) is 6.61 Å². The Hall–Kier alpha value is -0.880. The minimum atomic E-state index is 0.353. The zero-order valence-electron chi connectivity index (χ0n) is 10.6. The van der Waals surface area contributed by atoms with Crippen LogP contribution in [0, 0.1) is 0 Å². The molecule has 1 heterocycles. The normalized spacial score (nSPS) is 10.6. The highest BCUT2D eigenvalue weighted by atomic mass is 35.5. The zero-order valence-corrected chi connectivity index (χ0v) is 11.4. The monoisotopic (exact) mass is 273 g/mol. The Bertz CT molecular complexity index is 350. The number of hydrogen-bond acceptors (Lipinski definition) is 5. The summed E-state index contributed by atoms with van der Waals surface area (Å²) >= 11 is 5.99. The predicted molar refractivity (Wildman–Crippen MR) is 72.4 cm³/mol. The van der Waals surface area contributed by atoms with Crippen LogP contribution in [-0.2, 0) is 16.1 Å². The van der Waals surface area contributed by atoms with E-state index >= 15 is 0 Å². The summed E-state index contributed by atoms with van der Waals surface area (Å²) in [5.41, 5.74) is 3.14. The van der Waals surface area contributed by atoms with Crippen molar-refractivity contribution in [3.63, 3.8) is 0 Å². The quantitative estimate of drug-likeness (QED) is 0.411. The highest BCUT2D eigenvalue weighted by Crippen LogP contribution is 2.16. The van der Waals surface area contributed by atoms with E-state index in [1.165, 1.54) is 0 Å². The number of hydrogen-bond donors (Lipinski definition) is 2. The first kappa shape index (κ1) is 15.2. The number of nitrogen functional groups attached to an aromatic ring is 1. The van der Waals surface area contributed by atoms with E-state index in [-0.39, 0.29) is 0 Å². The maximum absolute atomic E-state index is 5.99. The summed E-state index contributed by atoms with van der Waals surface area (Å²) in [4.78, 5) is 4.20. The molecule has 0 fully saturated rings. The van der Waals surface area contributed by atoms with Crippen molar-refractivity contribution in [1.82, 2.24) is 4.98 Å². The maximum atomic E-state index is 5.99. The fourth-order valence-corrected chi connectivity index (χ4v) is 1.46. The molecule has 0 atom stereocenters. The molecule has 0 aromatic carbocycles. The van der Waals surface area contributed by atoms with Crippen LogP contribution in [0.2, 0.25) is 5.02 Å². The van der Waals surface area contributed by atoms with E-state index in [0.29, 0.717) is 36.4 Å². The highest BCUT2D eigenvalue weighted by Gasteiger charge is 2.03. The molecule has 1 aromatic heterocycles. The van der Waals surface area contributed by atoms with Crippen molar-refractivity contribution in [2.24, 2.45) is 5.84 Å². The summed E-state index contributed by atoms with van der Waals surface area (Å²) in [7, 11) is 0. The number of nitrogens with zero attached hydrogens (tertiary/aromatic N) is 1. The van der Waals surface area contributed by atoms with Crippen LogP contribution >= 0.6 is 11.6 Å². The second-order valence-electron chi connectivity index (χ2n) is 3.79. The number of rotatable bonds is 9. The lowest BCUT2D eigenvalue weighted by Gasteiger charge is -2.08. The second kappa shape index (κ2) is 9.10. The van der Waals surface area contributed by atoms with E-state index in [1.54, 1.807) is 12.1 Å². The van der Waals surface area contributed by atoms with Crippen molar-refractivity contribution in [2.75, 3.05) is 25.2 Å². The molecule has 18 heavy (non-hydrogen) atoms. The minimum absolute atomic E-state index is 0.353. The van der Waals surface area contributed by atoms with Crippen molar-refractivity contribution < 1.29 is 9.47 Å². The van der Waals surface area contributed by atoms with Gasteiger partial charge in [-0.25, -0.2) is 10.8 Å². The van der Waals surface area contributed by atoms with Crippen molar-refractivity contribution in [1.29, 1.82) is 0 Å². The Balaban J connectivity index is 2.22. The summed E-state index contributed by atoms with van der Waals surface area (Å²) in [6.45, 7) is 4.39. The number of nitrogens with one attached hydrogen (secondary N) is 1. The van der Waals surface area contributed by atoms with Crippen LogP contribution in [0.5, 0.6) is 0 Å². The Morgan fingerprint density at radius 1 is 1.28 bits per heavy atom. The number of anilines is 1. The summed E-state index contributed by atoms with van der Waals surface area (Å²) in [6, 6.07) is 3.44. The fraction of sp³-hybridized carbons (Fsp3) is 0.583. The molecular formula is C12H20ClN3O2. The standard InChI is InChI=1S/C12H20ClN3O2/c1-2-3-6-17-7-8-18-9-11-10(13)4-5-12(15-11)16-14/h4-5H,2-3,6-9,14H2,1H3,(H,15,16). The predicted octanol–water partition coefficient (Wildman–Crippen LogP) is 2.35. The van der Waals surface area contributed by atoms with E-state index in [1.807, 2.05) is 0 Å². The van der Waals surface area contributed by atoms with Crippen LogP contribution in [0.1, 0.15) is 25.5 Å². The van der Waals surface area contributed by atoms with Crippen LogP contribution in [0.4, 0.5) is 5.82 Å². The van der Waals surface area contributed by atoms with Gasteiger partial charge in [0.25, 0.3) is 0 Å². The van der Waals surface area contributed by atoms with Gasteiger partial charge in [0.2, 0.25) is 0 Å². The van der Waals surface area contributed by atoms with Gasteiger partial charge >= 0.3 is 0 Å². The molecule has 0 aliphatic carbocycles. The van der Waals surface area contributed by atoms with E-state index in [2.05, 4.69) is 17.3 Å². The van der Waals surface area contributed by atoms with Gasteiger partial charge in [0.15, 0.2) is 0 Å². The maximum Gasteiger partial charge on any atom is 0.140 e. The van der Waals surface area contributed by atoms with Gasteiger partial charge < -0.3 is 14.9 Å². The number of aromatic nitrogens is 1. The molecule has 0 bridgehead atoms. The van der Waals surface area contributed by atoms with Crippen molar-refractivity contribution in [3.8, 4) is 0 Å². The van der Waals surface area contributed by atoms with Crippen molar-refractivity contribution in [3.05, 3.63) is 22.8 Å². The summed E-state index contributed by atoms with van der Waals surface area (Å²) in [5.74, 6) is 5.84. The molecule has 1 aromatic rings. The highest BCUT2D eigenvalue weighted by molar-refractivity contribution is 6.31. The number of unbranched alkanes of at least 4 members (excludes halogenated alkanes) is 1. The third-order valence-corrected chi connectivity index (χ3v) is 2.66. The molecule has 3 N–H and O–H groups in total. The number of hydrazine groups is 1. The van der Waals surface area contributed by atoms with Crippen molar-refractivity contribution in [2.45, 2.75) is 26.4 Å². The Labute approximate surface area is 113 Å². The molecule has 0 aliphatic rings. The first-order valence-electron chi connectivity index (χ1n) is 6.05. The first-order valence-corrected chi connectivity index (χ1v) is 6.43. The molecule has 5 nitrogen and oxygen atoms in total.